The maximum Gasteiger partial charge on any atom is 0.328 e. The van der Waals surface area contributed by atoms with Gasteiger partial charge in [-0.05, 0) is 123 Å². The van der Waals surface area contributed by atoms with E-state index in [4.69, 9.17) is 9.47 Å². The number of ether oxygens (including phenoxy) is 2. The van der Waals surface area contributed by atoms with Crippen LogP contribution in [0.25, 0.3) is 11.4 Å². The Labute approximate surface area is 281 Å². The summed E-state index contributed by atoms with van der Waals surface area (Å²) in [5, 5.41) is 12.3. The fraction of sp³-hybridized carbons (Fsp3) is 0.769. The number of benzene rings is 1. The van der Waals surface area contributed by atoms with E-state index in [1.807, 2.05) is 30.3 Å². The lowest BCUT2D eigenvalue weighted by Crippen LogP contribution is -2.67. The standard InChI is InChI=1S/C39H56N4O4/c1-34(2)18-12-19-39(8,47-34)26-15-21-38(7)32(26)27(46-31(45)24-43-33(40-41-42-43)25-13-10-9-11-14-25)23-29-36(5)20-17-30(44)35(3,4)28(36)16-22-37(29,38)6/h9-11,13-14,26-29,32H,12,15-24H2,1-8H3/t26-,27+,28-,29+,32-,36-,37+,38+,39+/m0/s1. The van der Waals surface area contributed by atoms with Crippen LogP contribution in [0, 0.1) is 45.3 Å². The molecule has 7 rings (SSSR count). The zero-order chi connectivity index (χ0) is 33.6. The molecule has 4 saturated carbocycles. The van der Waals surface area contributed by atoms with Crippen molar-refractivity contribution in [1.29, 1.82) is 0 Å². The van der Waals surface area contributed by atoms with Crippen molar-refractivity contribution in [1.82, 2.24) is 20.2 Å². The number of rotatable bonds is 5. The number of ketones is 1. The molecule has 8 heteroatoms. The molecule has 2 heterocycles. The van der Waals surface area contributed by atoms with Crippen LogP contribution in [-0.2, 0) is 25.6 Å². The van der Waals surface area contributed by atoms with Gasteiger partial charge in [-0.15, -0.1) is 5.10 Å². The molecule has 0 unspecified atom stereocenters. The number of carbonyl (C=O) groups is 2. The Morgan fingerprint density at radius 1 is 0.915 bits per heavy atom. The van der Waals surface area contributed by atoms with E-state index in [-0.39, 0.29) is 57.4 Å². The van der Waals surface area contributed by atoms with Gasteiger partial charge in [0, 0.05) is 23.3 Å². The molecule has 0 N–H and O–H groups in total. The number of nitrogens with zero attached hydrogens (tertiary/aromatic N) is 4. The summed E-state index contributed by atoms with van der Waals surface area (Å²) in [5.74, 6) is 1.85. The van der Waals surface area contributed by atoms with E-state index < -0.39 is 0 Å². The first-order valence-corrected chi connectivity index (χ1v) is 18.3. The van der Waals surface area contributed by atoms with Crippen molar-refractivity contribution in [2.24, 2.45) is 45.3 Å². The highest BCUT2D eigenvalue weighted by atomic mass is 16.5. The fourth-order valence-corrected chi connectivity index (χ4v) is 12.6. The molecule has 1 aliphatic heterocycles. The number of fused-ring (bicyclic) bond motifs is 5. The maximum absolute atomic E-state index is 14.1. The number of hydrogen-bond acceptors (Lipinski definition) is 7. The Morgan fingerprint density at radius 2 is 1.64 bits per heavy atom. The third kappa shape index (κ3) is 4.96. The molecular formula is C39H56N4O4. The van der Waals surface area contributed by atoms with Crippen LogP contribution in [-0.4, -0.2) is 49.3 Å². The molecule has 5 aliphatic rings. The predicted molar refractivity (Wildman–Crippen MR) is 180 cm³/mol. The maximum atomic E-state index is 14.1. The van der Waals surface area contributed by atoms with Crippen LogP contribution in [0.15, 0.2) is 30.3 Å². The van der Waals surface area contributed by atoms with E-state index in [0.29, 0.717) is 35.8 Å². The lowest BCUT2D eigenvalue weighted by atomic mass is 9.35. The van der Waals surface area contributed by atoms with Crippen molar-refractivity contribution in [2.45, 2.75) is 143 Å². The Kier molecular flexibility index (Phi) is 7.67. The zero-order valence-corrected chi connectivity index (χ0v) is 30.0. The van der Waals surface area contributed by atoms with E-state index in [0.717, 1.165) is 63.4 Å². The zero-order valence-electron chi connectivity index (χ0n) is 30.0. The number of tetrazole rings is 1. The Bertz CT molecular complexity index is 1540. The minimum absolute atomic E-state index is 0.00463. The van der Waals surface area contributed by atoms with Crippen LogP contribution in [0.4, 0.5) is 0 Å². The monoisotopic (exact) mass is 644 g/mol. The average molecular weight is 645 g/mol. The third-order valence-corrected chi connectivity index (χ3v) is 15.0. The second kappa shape index (κ2) is 10.9. The largest absolute Gasteiger partial charge is 0.461 e. The highest BCUT2D eigenvalue weighted by Crippen LogP contribution is 2.76. The van der Waals surface area contributed by atoms with E-state index in [1.54, 1.807) is 4.68 Å². The summed E-state index contributed by atoms with van der Waals surface area (Å²) in [6, 6.07) is 9.75. The van der Waals surface area contributed by atoms with E-state index in [2.05, 4.69) is 70.9 Å². The van der Waals surface area contributed by atoms with Gasteiger partial charge in [-0.2, -0.15) is 0 Å². The van der Waals surface area contributed by atoms with Gasteiger partial charge in [0.2, 0.25) is 0 Å². The Morgan fingerprint density at radius 3 is 2.36 bits per heavy atom. The summed E-state index contributed by atoms with van der Waals surface area (Å²) in [6.07, 6.45) is 9.80. The van der Waals surface area contributed by atoms with Gasteiger partial charge in [0.05, 0.1) is 11.2 Å². The topological polar surface area (TPSA) is 96.2 Å². The van der Waals surface area contributed by atoms with Crippen molar-refractivity contribution < 1.29 is 19.1 Å². The summed E-state index contributed by atoms with van der Waals surface area (Å²) in [4.78, 5) is 27.3. The highest BCUT2D eigenvalue weighted by molar-refractivity contribution is 5.85. The van der Waals surface area contributed by atoms with Gasteiger partial charge in [0.15, 0.2) is 5.82 Å². The minimum atomic E-state index is -0.334. The molecule has 47 heavy (non-hydrogen) atoms. The van der Waals surface area contributed by atoms with Crippen LogP contribution in [0.3, 0.4) is 0 Å². The number of carbonyl (C=O) groups excluding carboxylic acids is 2. The van der Waals surface area contributed by atoms with E-state index in [1.165, 1.54) is 0 Å². The molecule has 1 saturated heterocycles. The van der Waals surface area contributed by atoms with Gasteiger partial charge in [0.25, 0.3) is 0 Å². The molecule has 1 aromatic heterocycles. The van der Waals surface area contributed by atoms with Crippen molar-refractivity contribution in [2.75, 3.05) is 0 Å². The Balaban J connectivity index is 1.26. The number of esters is 1. The normalized spacial score (nSPS) is 42.2. The van der Waals surface area contributed by atoms with Crippen molar-refractivity contribution in [3.05, 3.63) is 30.3 Å². The smallest absolute Gasteiger partial charge is 0.328 e. The van der Waals surface area contributed by atoms with Gasteiger partial charge >= 0.3 is 5.97 Å². The Hall–Kier alpha value is -2.61. The first-order valence-electron chi connectivity index (χ1n) is 18.3. The summed E-state index contributed by atoms with van der Waals surface area (Å²) in [6.45, 7) is 18.7. The molecule has 2 aromatic rings. The molecule has 5 fully saturated rings. The summed E-state index contributed by atoms with van der Waals surface area (Å²) in [7, 11) is 0. The van der Waals surface area contributed by atoms with Gasteiger partial charge in [-0.3, -0.25) is 9.59 Å². The molecule has 0 bridgehead atoms. The second-order valence-corrected chi connectivity index (χ2v) is 18.1. The molecule has 1 aromatic carbocycles. The van der Waals surface area contributed by atoms with Crippen LogP contribution < -0.4 is 0 Å². The van der Waals surface area contributed by atoms with Gasteiger partial charge in [0.1, 0.15) is 18.4 Å². The molecule has 8 nitrogen and oxygen atoms in total. The van der Waals surface area contributed by atoms with Gasteiger partial charge in [-0.25, -0.2) is 4.68 Å². The predicted octanol–water partition coefficient (Wildman–Crippen LogP) is 7.85. The highest BCUT2D eigenvalue weighted by Gasteiger charge is 2.72. The number of Topliss-reactive ketones (excluding diaryl/α,β-unsaturated/α-hetero) is 1. The van der Waals surface area contributed by atoms with Gasteiger partial charge in [-0.1, -0.05) is 65.0 Å². The molecule has 9 atom stereocenters. The van der Waals surface area contributed by atoms with E-state index in [9.17, 15) is 9.59 Å². The van der Waals surface area contributed by atoms with Crippen molar-refractivity contribution in [3.63, 3.8) is 0 Å². The number of aromatic nitrogens is 4. The first-order chi connectivity index (χ1) is 22.0. The van der Waals surface area contributed by atoms with E-state index >= 15 is 0 Å². The van der Waals surface area contributed by atoms with Crippen LogP contribution in [0.1, 0.15) is 120 Å². The van der Waals surface area contributed by atoms with Crippen LogP contribution in [0.5, 0.6) is 0 Å². The third-order valence-electron chi connectivity index (χ3n) is 15.0. The first kappa shape index (κ1) is 32.9. The SMILES string of the molecule is CC1(C)CCC[C@](C)([C@H]2CC[C@]3(C)[C@@H]2[C@H](OC(=O)Cn2nnnc2-c2ccccc2)C[C@@H]2[C@@]4(C)CCC(=O)C(C)(C)[C@@H]4CC[C@]23C)O1. The molecule has 0 radical (unpaired) electrons. The molecule has 4 aliphatic carbocycles. The summed E-state index contributed by atoms with van der Waals surface area (Å²) in [5.41, 5.74) is 0.150. The van der Waals surface area contributed by atoms with Crippen molar-refractivity contribution >= 4 is 11.8 Å². The van der Waals surface area contributed by atoms with Crippen LogP contribution >= 0.6 is 0 Å². The molecule has 0 amide bonds. The van der Waals surface area contributed by atoms with Crippen LogP contribution in [0.2, 0.25) is 0 Å². The lowest BCUT2D eigenvalue weighted by molar-refractivity contribution is -0.252. The quantitative estimate of drug-likeness (QED) is 0.306. The summed E-state index contributed by atoms with van der Waals surface area (Å²) < 4.78 is 15.4. The summed E-state index contributed by atoms with van der Waals surface area (Å²) >= 11 is 0. The minimum Gasteiger partial charge on any atom is -0.461 e. The number of hydrogen-bond donors (Lipinski definition) is 0. The molecular weight excluding hydrogens is 588 g/mol. The second-order valence-electron chi connectivity index (χ2n) is 18.1. The average Bonchev–Trinajstić information content (AvgIpc) is 3.62. The molecule has 0 spiro atoms. The lowest BCUT2D eigenvalue weighted by Gasteiger charge is -2.70. The van der Waals surface area contributed by atoms with Gasteiger partial charge < -0.3 is 9.47 Å². The molecule has 256 valence electrons. The fourth-order valence-electron chi connectivity index (χ4n) is 12.6. The van der Waals surface area contributed by atoms with Crippen molar-refractivity contribution in [3.8, 4) is 11.4 Å².